The van der Waals surface area contributed by atoms with Crippen molar-refractivity contribution >= 4 is 46.5 Å². The highest BCUT2D eigenvalue weighted by atomic mass is 35.5. The number of thiocarbonyl (C=S) groups is 1. The molecular formula is C15H13ClN4O2S. The van der Waals surface area contributed by atoms with E-state index in [4.69, 9.17) is 23.8 Å². The van der Waals surface area contributed by atoms with Crippen molar-refractivity contribution in [2.45, 2.75) is 6.92 Å². The lowest BCUT2D eigenvalue weighted by molar-refractivity contribution is -0.384. The molecule has 2 aromatic carbocycles. The lowest BCUT2D eigenvalue weighted by Crippen LogP contribution is -2.23. The number of anilines is 1. The molecule has 0 bridgehead atoms. The van der Waals surface area contributed by atoms with Crippen LogP contribution >= 0.6 is 23.8 Å². The predicted octanol–water partition coefficient (Wildman–Crippen LogP) is 3.88. The number of hydrogen-bond acceptors (Lipinski definition) is 4. The summed E-state index contributed by atoms with van der Waals surface area (Å²) in [4.78, 5) is 10.2. The number of nitrogens with zero attached hydrogens (tertiary/aromatic N) is 2. The molecule has 0 aliphatic rings. The summed E-state index contributed by atoms with van der Waals surface area (Å²) in [6.07, 6.45) is 1.37. The van der Waals surface area contributed by atoms with Gasteiger partial charge in [-0.25, -0.2) is 0 Å². The van der Waals surface area contributed by atoms with Gasteiger partial charge in [-0.2, -0.15) is 5.10 Å². The SMILES string of the molecule is Cc1ccc(NC(=S)N/N=C/c2cc([N+](=O)[O-])ccc2Cl)cc1. The van der Waals surface area contributed by atoms with E-state index in [1.807, 2.05) is 31.2 Å². The van der Waals surface area contributed by atoms with Gasteiger partial charge in [0.15, 0.2) is 5.11 Å². The van der Waals surface area contributed by atoms with Gasteiger partial charge in [-0.15, -0.1) is 0 Å². The largest absolute Gasteiger partial charge is 0.331 e. The average molecular weight is 349 g/mol. The van der Waals surface area contributed by atoms with Gasteiger partial charge in [0.05, 0.1) is 11.1 Å². The normalized spacial score (nSPS) is 10.5. The first-order chi connectivity index (χ1) is 11.0. The molecule has 0 heterocycles. The zero-order valence-corrected chi connectivity index (χ0v) is 13.7. The molecule has 23 heavy (non-hydrogen) atoms. The average Bonchev–Trinajstić information content (AvgIpc) is 2.51. The molecule has 0 unspecified atom stereocenters. The minimum atomic E-state index is -0.495. The number of hydrogen-bond donors (Lipinski definition) is 2. The van der Waals surface area contributed by atoms with Gasteiger partial charge in [0.1, 0.15) is 0 Å². The number of hydrazone groups is 1. The van der Waals surface area contributed by atoms with E-state index in [9.17, 15) is 10.1 Å². The Labute approximate surface area is 143 Å². The highest BCUT2D eigenvalue weighted by molar-refractivity contribution is 7.80. The minimum absolute atomic E-state index is 0.0591. The summed E-state index contributed by atoms with van der Waals surface area (Å²) in [5.74, 6) is 0. The maximum atomic E-state index is 10.7. The van der Waals surface area contributed by atoms with E-state index in [0.717, 1.165) is 11.3 Å². The Morgan fingerprint density at radius 2 is 2.00 bits per heavy atom. The van der Waals surface area contributed by atoms with E-state index in [1.165, 1.54) is 24.4 Å². The second kappa shape index (κ2) is 7.66. The highest BCUT2D eigenvalue weighted by Crippen LogP contribution is 2.20. The van der Waals surface area contributed by atoms with Crippen molar-refractivity contribution in [3.63, 3.8) is 0 Å². The minimum Gasteiger partial charge on any atom is -0.331 e. The Balaban J connectivity index is 1.98. The molecule has 0 fully saturated rings. The second-order valence-electron chi connectivity index (χ2n) is 4.65. The van der Waals surface area contributed by atoms with Crippen LogP contribution in [0.15, 0.2) is 47.6 Å². The van der Waals surface area contributed by atoms with Gasteiger partial charge in [-0.05, 0) is 37.3 Å². The van der Waals surface area contributed by atoms with Crippen LogP contribution in [0.1, 0.15) is 11.1 Å². The molecule has 6 nitrogen and oxygen atoms in total. The summed E-state index contributed by atoms with van der Waals surface area (Å²) in [5.41, 5.74) is 4.97. The van der Waals surface area contributed by atoms with E-state index in [0.29, 0.717) is 15.7 Å². The van der Waals surface area contributed by atoms with E-state index < -0.39 is 4.92 Å². The number of halogens is 1. The van der Waals surface area contributed by atoms with Crippen molar-refractivity contribution in [3.05, 3.63) is 68.7 Å². The van der Waals surface area contributed by atoms with Crippen molar-refractivity contribution < 1.29 is 4.92 Å². The first-order valence-corrected chi connectivity index (χ1v) is 7.35. The number of aryl methyl sites for hydroxylation is 1. The van der Waals surface area contributed by atoms with Gasteiger partial charge in [0.2, 0.25) is 0 Å². The summed E-state index contributed by atoms with van der Waals surface area (Å²) in [5, 5.41) is 18.3. The van der Waals surface area contributed by atoms with Crippen LogP contribution in [0, 0.1) is 17.0 Å². The summed E-state index contributed by atoms with van der Waals surface area (Å²) < 4.78 is 0. The Hall–Kier alpha value is -2.51. The number of non-ortho nitro benzene ring substituents is 1. The van der Waals surface area contributed by atoms with Gasteiger partial charge in [0, 0.05) is 28.4 Å². The van der Waals surface area contributed by atoms with Crippen LogP contribution in [0.4, 0.5) is 11.4 Å². The summed E-state index contributed by atoms with van der Waals surface area (Å²) >= 11 is 11.1. The highest BCUT2D eigenvalue weighted by Gasteiger charge is 2.08. The summed E-state index contributed by atoms with van der Waals surface area (Å²) in [6, 6.07) is 11.8. The van der Waals surface area contributed by atoms with Crippen LogP contribution in [-0.2, 0) is 0 Å². The maximum absolute atomic E-state index is 10.7. The van der Waals surface area contributed by atoms with Crippen LogP contribution in [0.25, 0.3) is 0 Å². The zero-order valence-electron chi connectivity index (χ0n) is 12.1. The monoisotopic (exact) mass is 348 g/mol. The fourth-order valence-electron chi connectivity index (χ4n) is 1.70. The van der Waals surface area contributed by atoms with Crippen LogP contribution in [0.5, 0.6) is 0 Å². The Morgan fingerprint density at radius 3 is 2.65 bits per heavy atom. The number of nitro benzene ring substituents is 1. The molecule has 0 aliphatic heterocycles. The molecule has 0 spiro atoms. The van der Waals surface area contributed by atoms with Crippen molar-refractivity contribution in [1.82, 2.24) is 5.43 Å². The maximum Gasteiger partial charge on any atom is 0.270 e. The smallest absolute Gasteiger partial charge is 0.270 e. The summed E-state index contributed by atoms with van der Waals surface area (Å²) in [6.45, 7) is 1.99. The molecule has 0 atom stereocenters. The Morgan fingerprint density at radius 1 is 1.30 bits per heavy atom. The zero-order chi connectivity index (χ0) is 16.8. The molecule has 0 saturated carbocycles. The van der Waals surface area contributed by atoms with E-state index in [2.05, 4.69) is 15.8 Å². The molecule has 0 radical (unpaired) electrons. The van der Waals surface area contributed by atoms with Crippen molar-refractivity contribution in [1.29, 1.82) is 0 Å². The van der Waals surface area contributed by atoms with E-state index >= 15 is 0 Å². The Bertz CT molecular complexity index is 763. The van der Waals surface area contributed by atoms with Gasteiger partial charge in [-0.3, -0.25) is 15.5 Å². The number of nitro groups is 1. The Kier molecular flexibility index (Phi) is 5.61. The predicted molar refractivity (Wildman–Crippen MR) is 96.2 cm³/mol. The third kappa shape index (κ3) is 5.01. The third-order valence-electron chi connectivity index (χ3n) is 2.87. The third-order valence-corrected chi connectivity index (χ3v) is 3.41. The van der Waals surface area contributed by atoms with Gasteiger partial charge in [-0.1, -0.05) is 29.3 Å². The first-order valence-electron chi connectivity index (χ1n) is 6.56. The molecule has 8 heteroatoms. The molecule has 2 aromatic rings. The number of nitrogens with one attached hydrogen (secondary N) is 2. The van der Waals surface area contributed by atoms with Crippen molar-refractivity contribution in [3.8, 4) is 0 Å². The fraction of sp³-hybridized carbons (Fsp3) is 0.0667. The van der Waals surface area contributed by atoms with E-state index in [-0.39, 0.29) is 5.69 Å². The summed E-state index contributed by atoms with van der Waals surface area (Å²) in [7, 11) is 0. The fourth-order valence-corrected chi connectivity index (χ4v) is 2.04. The standard InChI is InChI=1S/C15H13ClN4O2S/c1-10-2-4-12(5-3-10)18-15(23)19-17-9-11-8-13(20(21)22)6-7-14(11)16/h2-9H,1H3,(H2,18,19,23)/b17-9+. The molecule has 0 aliphatic carbocycles. The molecule has 118 valence electrons. The van der Waals surface area contributed by atoms with Gasteiger partial charge >= 0.3 is 0 Å². The van der Waals surface area contributed by atoms with Gasteiger partial charge < -0.3 is 5.32 Å². The quantitative estimate of drug-likeness (QED) is 0.379. The van der Waals surface area contributed by atoms with E-state index in [1.54, 1.807) is 0 Å². The molecule has 0 aromatic heterocycles. The number of rotatable bonds is 4. The first kappa shape index (κ1) is 16.9. The molecule has 0 amide bonds. The second-order valence-corrected chi connectivity index (χ2v) is 5.47. The molecule has 2 rings (SSSR count). The van der Waals surface area contributed by atoms with Crippen LogP contribution < -0.4 is 10.7 Å². The lowest BCUT2D eigenvalue weighted by Gasteiger charge is -2.07. The van der Waals surface area contributed by atoms with Gasteiger partial charge in [0.25, 0.3) is 5.69 Å². The van der Waals surface area contributed by atoms with Crippen LogP contribution in [0.3, 0.4) is 0 Å². The van der Waals surface area contributed by atoms with Crippen molar-refractivity contribution in [2.24, 2.45) is 5.10 Å². The molecular weight excluding hydrogens is 336 g/mol. The van der Waals surface area contributed by atoms with Crippen LogP contribution in [-0.4, -0.2) is 16.3 Å². The lowest BCUT2D eigenvalue weighted by atomic mass is 10.2. The molecule has 0 saturated heterocycles. The van der Waals surface area contributed by atoms with Crippen molar-refractivity contribution in [2.75, 3.05) is 5.32 Å². The molecule has 2 N–H and O–H groups in total. The number of benzene rings is 2. The topological polar surface area (TPSA) is 79.6 Å². The van der Waals surface area contributed by atoms with Crippen LogP contribution in [0.2, 0.25) is 5.02 Å².